The molecule has 4 nitrogen and oxygen atoms in total. The van der Waals surface area contributed by atoms with Crippen molar-refractivity contribution in [3.63, 3.8) is 0 Å². The van der Waals surface area contributed by atoms with Crippen LogP contribution in [0.3, 0.4) is 0 Å². The largest absolute Gasteiger partial charge is 0.298 e. The summed E-state index contributed by atoms with van der Waals surface area (Å²) in [7, 11) is 0. The van der Waals surface area contributed by atoms with Crippen LogP contribution >= 0.6 is 0 Å². The lowest BCUT2D eigenvalue weighted by molar-refractivity contribution is -0.138. The molecule has 0 bridgehead atoms. The summed E-state index contributed by atoms with van der Waals surface area (Å²) in [6, 6.07) is 0. The Labute approximate surface area is 87.4 Å². The minimum absolute atomic E-state index is 0.603. The maximum absolute atomic E-state index is 8.93. The van der Waals surface area contributed by atoms with Crippen molar-refractivity contribution in [3.05, 3.63) is 0 Å². The predicted molar refractivity (Wildman–Crippen MR) is 58.4 cm³/mol. The molecule has 0 amide bonds. The number of nitrogens with one attached hydrogen (secondary N) is 1. The van der Waals surface area contributed by atoms with E-state index in [1.807, 2.05) is 0 Å². The van der Waals surface area contributed by atoms with E-state index >= 15 is 0 Å². The number of rotatable bonds is 10. The second-order valence-electron chi connectivity index (χ2n) is 3.73. The number of hydrazine groups is 2. The van der Waals surface area contributed by atoms with Crippen molar-refractivity contribution in [1.29, 1.82) is 0 Å². The van der Waals surface area contributed by atoms with Crippen LogP contribution in [0, 0.1) is 0 Å². The smallest absolute Gasteiger partial charge is 0.0412 e. The Balaban J connectivity index is 2.92. The molecule has 0 rings (SSSR count). The molecular formula is C10H25N3O. The molecule has 0 saturated carbocycles. The molecule has 0 unspecified atom stereocenters. The molecule has 86 valence electrons. The van der Waals surface area contributed by atoms with Gasteiger partial charge in [0.25, 0.3) is 0 Å². The summed E-state index contributed by atoms with van der Waals surface area (Å²) in [6.45, 7) is 2.83. The van der Waals surface area contributed by atoms with Crippen molar-refractivity contribution in [2.75, 3.05) is 6.54 Å². The van der Waals surface area contributed by atoms with Crippen LogP contribution in [0.25, 0.3) is 0 Å². The third kappa shape index (κ3) is 9.92. The highest BCUT2D eigenvalue weighted by Crippen LogP contribution is 2.08. The standard InChI is InChI=1S/C10H25N3O/c1-2-3-4-5-6-7-8-9-10-13(14)12-11/h12,14H,2-11H2,1H3. The van der Waals surface area contributed by atoms with Gasteiger partial charge in [0.15, 0.2) is 0 Å². The first kappa shape index (κ1) is 13.8. The Morgan fingerprint density at radius 1 is 1.00 bits per heavy atom. The van der Waals surface area contributed by atoms with Gasteiger partial charge in [0.05, 0.1) is 0 Å². The van der Waals surface area contributed by atoms with Gasteiger partial charge in [-0.05, 0) is 6.42 Å². The van der Waals surface area contributed by atoms with E-state index in [0.29, 0.717) is 6.54 Å². The zero-order valence-corrected chi connectivity index (χ0v) is 9.34. The van der Waals surface area contributed by atoms with Crippen LogP contribution in [-0.4, -0.2) is 16.9 Å². The lowest BCUT2D eigenvalue weighted by atomic mass is 10.1. The zero-order chi connectivity index (χ0) is 10.6. The Bertz CT molecular complexity index is 112. The van der Waals surface area contributed by atoms with E-state index in [4.69, 9.17) is 11.0 Å². The molecule has 4 N–H and O–H groups in total. The van der Waals surface area contributed by atoms with E-state index in [1.165, 1.54) is 44.9 Å². The minimum atomic E-state index is 0.603. The van der Waals surface area contributed by atoms with Gasteiger partial charge in [0, 0.05) is 6.54 Å². The fraction of sp³-hybridized carbons (Fsp3) is 1.00. The van der Waals surface area contributed by atoms with Crippen LogP contribution in [0.1, 0.15) is 58.3 Å². The molecule has 0 radical (unpaired) electrons. The highest BCUT2D eigenvalue weighted by molar-refractivity contribution is 4.46. The van der Waals surface area contributed by atoms with Crippen molar-refractivity contribution in [2.24, 2.45) is 5.84 Å². The van der Waals surface area contributed by atoms with Crippen molar-refractivity contribution in [1.82, 2.24) is 10.7 Å². The van der Waals surface area contributed by atoms with Crippen LogP contribution in [0.5, 0.6) is 0 Å². The average Bonchev–Trinajstić information content (AvgIpc) is 2.21. The molecule has 14 heavy (non-hydrogen) atoms. The fourth-order valence-electron chi connectivity index (χ4n) is 1.46. The predicted octanol–water partition coefficient (Wildman–Crippen LogP) is 2.20. The van der Waals surface area contributed by atoms with Crippen LogP contribution in [0.15, 0.2) is 0 Å². The van der Waals surface area contributed by atoms with Gasteiger partial charge in [-0.2, -0.15) is 5.53 Å². The van der Waals surface area contributed by atoms with Crippen molar-refractivity contribution >= 4 is 0 Å². The van der Waals surface area contributed by atoms with Gasteiger partial charge in [-0.15, -0.1) is 5.17 Å². The third-order valence-electron chi connectivity index (χ3n) is 2.37. The molecular weight excluding hydrogens is 178 g/mol. The topological polar surface area (TPSA) is 61.5 Å². The van der Waals surface area contributed by atoms with Gasteiger partial charge >= 0.3 is 0 Å². The number of hydrogen-bond acceptors (Lipinski definition) is 4. The Hall–Kier alpha value is -0.160. The molecule has 0 spiro atoms. The molecule has 0 aromatic rings. The molecule has 0 aliphatic heterocycles. The molecule has 0 saturated heterocycles. The minimum Gasteiger partial charge on any atom is -0.298 e. The molecule has 0 fully saturated rings. The lowest BCUT2D eigenvalue weighted by Gasteiger charge is -2.11. The third-order valence-corrected chi connectivity index (χ3v) is 2.37. The Morgan fingerprint density at radius 3 is 2.00 bits per heavy atom. The van der Waals surface area contributed by atoms with E-state index in [9.17, 15) is 0 Å². The fourth-order valence-corrected chi connectivity index (χ4v) is 1.46. The number of hydrogen-bond donors (Lipinski definition) is 3. The highest BCUT2D eigenvalue weighted by Gasteiger charge is 1.95. The molecule has 0 aromatic heterocycles. The molecule has 0 atom stereocenters. The van der Waals surface area contributed by atoms with Gasteiger partial charge in [0.2, 0.25) is 0 Å². The first-order chi connectivity index (χ1) is 6.81. The van der Waals surface area contributed by atoms with Crippen LogP contribution in [-0.2, 0) is 0 Å². The summed E-state index contributed by atoms with van der Waals surface area (Å²) in [4.78, 5) is 0. The summed E-state index contributed by atoms with van der Waals surface area (Å²) in [5, 5.41) is 9.86. The first-order valence-electron chi connectivity index (χ1n) is 5.74. The highest BCUT2D eigenvalue weighted by atomic mass is 16.5. The maximum Gasteiger partial charge on any atom is 0.0412 e. The van der Waals surface area contributed by atoms with Gasteiger partial charge in [0.1, 0.15) is 0 Å². The number of nitrogens with two attached hydrogens (primary N) is 1. The zero-order valence-electron chi connectivity index (χ0n) is 9.34. The summed E-state index contributed by atoms with van der Waals surface area (Å²) in [6.07, 6.45) is 10.1. The van der Waals surface area contributed by atoms with E-state index in [-0.39, 0.29) is 0 Å². The van der Waals surface area contributed by atoms with E-state index in [2.05, 4.69) is 12.5 Å². The van der Waals surface area contributed by atoms with Gasteiger partial charge in [-0.3, -0.25) is 11.0 Å². The number of unbranched alkanes of at least 4 members (excludes halogenated alkanes) is 7. The summed E-state index contributed by atoms with van der Waals surface area (Å²) in [5.41, 5.74) is 2.17. The molecule has 0 aliphatic carbocycles. The van der Waals surface area contributed by atoms with Crippen molar-refractivity contribution < 1.29 is 5.21 Å². The molecule has 0 aromatic carbocycles. The lowest BCUT2D eigenvalue weighted by Crippen LogP contribution is -2.40. The van der Waals surface area contributed by atoms with Crippen LogP contribution in [0.4, 0.5) is 0 Å². The van der Waals surface area contributed by atoms with Gasteiger partial charge < -0.3 is 0 Å². The summed E-state index contributed by atoms with van der Waals surface area (Å²) >= 11 is 0. The van der Waals surface area contributed by atoms with Gasteiger partial charge in [-0.1, -0.05) is 51.9 Å². The SMILES string of the molecule is CCCCCCCCCCN(O)NN. The van der Waals surface area contributed by atoms with E-state index < -0.39 is 0 Å². The average molecular weight is 203 g/mol. The number of hydroxylamine groups is 1. The quantitative estimate of drug-likeness (QED) is 0.289. The van der Waals surface area contributed by atoms with E-state index in [0.717, 1.165) is 11.6 Å². The Morgan fingerprint density at radius 2 is 1.50 bits per heavy atom. The summed E-state index contributed by atoms with van der Waals surface area (Å²) in [5.74, 6) is 4.99. The van der Waals surface area contributed by atoms with Crippen LogP contribution in [0.2, 0.25) is 0 Å². The second-order valence-corrected chi connectivity index (χ2v) is 3.73. The second kappa shape index (κ2) is 10.9. The van der Waals surface area contributed by atoms with E-state index in [1.54, 1.807) is 0 Å². The molecule has 0 heterocycles. The normalized spacial score (nSPS) is 11.1. The first-order valence-corrected chi connectivity index (χ1v) is 5.74. The monoisotopic (exact) mass is 203 g/mol. The van der Waals surface area contributed by atoms with Crippen molar-refractivity contribution in [2.45, 2.75) is 58.3 Å². The maximum atomic E-state index is 8.93. The van der Waals surface area contributed by atoms with Gasteiger partial charge in [-0.25, -0.2) is 0 Å². The van der Waals surface area contributed by atoms with Crippen LogP contribution < -0.4 is 11.4 Å². The summed E-state index contributed by atoms with van der Waals surface area (Å²) < 4.78 is 0. The molecule has 0 aliphatic rings. The molecule has 4 heteroatoms. The number of nitrogens with zero attached hydrogens (tertiary/aromatic N) is 1. The Kier molecular flexibility index (Phi) is 10.8. The van der Waals surface area contributed by atoms with Crippen molar-refractivity contribution in [3.8, 4) is 0 Å².